The molecule has 102 valence electrons. The maximum absolute atomic E-state index is 5.93. The van der Waals surface area contributed by atoms with Crippen molar-refractivity contribution in [3.8, 4) is 5.69 Å². The minimum absolute atomic E-state index is 0.560. The summed E-state index contributed by atoms with van der Waals surface area (Å²) in [6.45, 7) is 0. The van der Waals surface area contributed by atoms with Crippen LogP contribution in [0.5, 0.6) is 0 Å². The van der Waals surface area contributed by atoms with Crippen molar-refractivity contribution in [2.45, 2.75) is 6.42 Å². The third-order valence-corrected chi connectivity index (χ3v) is 4.63. The molecule has 0 spiro atoms. The maximum Gasteiger partial charge on any atom is 0.115 e. The molecule has 3 aromatic rings. The first-order valence-electron chi connectivity index (χ1n) is 6.18. The first-order chi connectivity index (χ1) is 9.70. The highest BCUT2D eigenvalue weighted by atomic mass is 127. The highest BCUT2D eigenvalue weighted by molar-refractivity contribution is 14.1. The van der Waals surface area contributed by atoms with Crippen molar-refractivity contribution < 1.29 is 0 Å². The predicted octanol–water partition coefficient (Wildman–Crippen LogP) is 5.17. The number of para-hydroxylation sites is 1. The molecule has 0 aliphatic rings. The van der Waals surface area contributed by atoms with E-state index in [2.05, 4.69) is 67.4 Å². The summed E-state index contributed by atoms with van der Waals surface area (Å²) in [6.07, 6.45) is 0.744. The third-order valence-electron chi connectivity index (χ3n) is 3.10. The second-order valence-electron chi connectivity index (χ2n) is 4.39. The largest absolute Gasteiger partial charge is 0.295 e. The van der Waals surface area contributed by atoms with Crippen molar-refractivity contribution in [2.75, 3.05) is 5.88 Å². The van der Waals surface area contributed by atoms with E-state index in [9.17, 15) is 0 Å². The minimum Gasteiger partial charge on any atom is -0.295 e. The van der Waals surface area contributed by atoms with Crippen molar-refractivity contribution in [1.82, 2.24) is 9.55 Å². The molecule has 0 saturated carbocycles. The number of nitrogens with zero attached hydrogens (tertiary/aromatic N) is 2. The molecule has 2 nitrogen and oxygen atoms in total. The van der Waals surface area contributed by atoms with E-state index in [0.717, 1.165) is 33.4 Å². The first-order valence-corrected chi connectivity index (χ1v) is 8.59. The number of halogens is 3. The van der Waals surface area contributed by atoms with Crippen LogP contribution in [-0.2, 0) is 6.42 Å². The van der Waals surface area contributed by atoms with Gasteiger partial charge in [-0.1, -0.05) is 12.1 Å². The molecule has 0 N–H and O–H groups in total. The molecule has 0 radical (unpaired) electrons. The Bertz CT molecular complexity index is 770. The Labute approximate surface area is 144 Å². The van der Waals surface area contributed by atoms with Gasteiger partial charge in [0.25, 0.3) is 0 Å². The van der Waals surface area contributed by atoms with E-state index in [1.807, 2.05) is 18.2 Å². The Morgan fingerprint density at radius 3 is 2.75 bits per heavy atom. The Balaban J connectivity index is 2.32. The molecule has 2 aromatic carbocycles. The molecule has 20 heavy (non-hydrogen) atoms. The summed E-state index contributed by atoms with van der Waals surface area (Å²) in [4.78, 5) is 4.73. The highest BCUT2D eigenvalue weighted by Gasteiger charge is 2.14. The average Bonchev–Trinajstić information content (AvgIpc) is 2.77. The van der Waals surface area contributed by atoms with Gasteiger partial charge in [-0.25, -0.2) is 4.98 Å². The van der Waals surface area contributed by atoms with Crippen molar-refractivity contribution in [1.29, 1.82) is 0 Å². The van der Waals surface area contributed by atoms with Crippen LogP contribution < -0.4 is 0 Å². The van der Waals surface area contributed by atoms with Gasteiger partial charge in [-0.2, -0.15) is 0 Å². The number of alkyl halides is 1. The molecule has 0 fully saturated rings. The number of aromatic nitrogens is 2. The smallest absolute Gasteiger partial charge is 0.115 e. The van der Waals surface area contributed by atoms with Gasteiger partial charge in [-0.05, 0) is 68.9 Å². The van der Waals surface area contributed by atoms with Gasteiger partial charge in [0.2, 0.25) is 0 Å². The fourth-order valence-electron chi connectivity index (χ4n) is 2.26. The zero-order chi connectivity index (χ0) is 14.1. The van der Waals surface area contributed by atoms with Gasteiger partial charge in [-0.3, -0.25) is 4.57 Å². The summed E-state index contributed by atoms with van der Waals surface area (Å²) in [5.41, 5.74) is 3.21. The Morgan fingerprint density at radius 2 is 2.00 bits per heavy atom. The SMILES string of the molecule is ClCCc1nc2cc(I)ccc2n1-c1ccccc1Br. The van der Waals surface area contributed by atoms with Gasteiger partial charge in [-0.15, -0.1) is 11.6 Å². The van der Waals surface area contributed by atoms with E-state index >= 15 is 0 Å². The van der Waals surface area contributed by atoms with Crippen LogP contribution in [0.2, 0.25) is 0 Å². The van der Waals surface area contributed by atoms with Gasteiger partial charge in [0.1, 0.15) is 5.82 Å². The van der Waals surface area contributed by atoms with Gasteiger partial charge in [0, 0.05) is 20.3 Å². The minimum atomic E-state index is 0.560. The van der Waals surface area contributed by atoms with Crippen LogP contribution in [0.3, 0.4) is 0 Å². The average molecular weight is 462 g/mol. The Kier molecular flexibility index (Phi) is 4.33. The number of fused-ring (bicyclic) bond motifs is 1. The molecule has 1 aromatic heterocycles. The van der Waals surface area contributed by atoms with Crippen LogP contribution in [0.15, 0.2) is 46.9 Å². The molecule has 5 heteroatoms. The summed E-state index contributed by atoms with van der Waals surface area (Å²) in [7, 11) is 0. The summed E-state index contributed by atoms with van der Waals surface area (Å²) in [6, 6.07) is 14.5. The molecule has 0 bridgehead atoms. The number of rotatable bonds is 3. The van der Waals surface area contributed by atoms with Crippen LogP contribution >= 0.6 is 50.1 Å². The molecule has 0 unspecified atom stereocenters. The predicted molar refractivity (Wildman–Crippen MR) is 95.9 cm³/mol. The fourth-order valence-corrected chi connectivity index (χ4v) is 3.36. The molecular formula is C15H11BrClIN2. The lowest BCUT2D eigenvalue weighted by Crippen LogP contribution is -2.02. The topological polar surface area (TPSA) is 17.8 Å². The van der Waals surface area contributed by atoms with Crippen LogP contribution in [0.25, 0.3) is 16.7 Å². The Hall–Kier alpha value is -0.590. The molecule has 0 saturated heterocycles. The van der Waals surface area contributed by atoms with E-state index in [1.165, 1.54) is 3.57 Å². The molecule has 0 aliphatic heterocycles. The van der Waals surface area contributed by atoms with Gasteiger partial charge < -0.3 is 0 Å². The highest BCUT2D eigenvalue weighted by Crippen LogP contribution is 2.28. The van der Waals surface area contributed by atoms with Crippen LogP contribution in [0.1, 0.15) is 5.82 Å². The number of hydrogen-bond acceptors (Lipinski definition) is 1. The molecule has 1 heterocycles. The van der Waals surface area contributed by atoms with Crippen LogP contribution in [0.4, 0.5) is 0 Å². The van der Waals surface area contributed by atoms with Gasteiger partial charge in [0.15, 0.2) is 0 Å². The van der Waals surface area contributed by atoms with Gasteiger partial charge >= 0.3 is 0 Å². The quantitative estimate of drug-likeness (QED) is 0.389. The second kappa shape index (κ2) is 6.03. The molecule has 0 amide bonds. The van der Waals surface area contributed by atoms with E-state index < -0.39 is 0 Å². The summed E-state index contributed by atoms with van der Waals surface area (Å²) in [5, 5.41) is 0. The number of imidazole rings is 1. The third kappa shape index (κ3) is 2.61. The lowest BCUT2D eigenvalue weighted by molar-refractivity contribution is 0.909. The second-order valence-corrected chi connectivity index (χ2v) is 6.86. The molecule has 0 aliphatic carbocycles. The van der Waals surface area contributed by atoms with E-state index in [4.69, 9.17) is 16.6 Å². The monoisotopic (exact) mass is 460 g/mol. The summed E-state index contributed by atoms with van der Waals surface area (Å²) >= 11 is 11.9. The number of hydrogen-bond donors (Lipinski definition) is 0. The molecule has 3 rings (SSSR count). The number of benzene rings is 2. The lowest BCUT2D eigenvalue weighted by atomic mass is 10.2. The van der Waals surface area contributed by atoms with Crippen molar-refractivity contribution in [3.05, 3.63) is 56.3 Å². The zero-order valence-corrected chi connectivity index (χ0v) is 15.0. The fraction of sp³-hybridized carbons (Fsp3) is 0.133. The Morgan fingerprint density at radius 1 is 1.20 bits per heavy atom. The van der Waals surface area contributed by atoms with E-state index in [-0.39, 0.29) is 0 Å². The standard InChI is InChI=1S/C15H11BrClIN2/c16-11-3-1-2-4-13(11)20-14-6-5-10(18)9-12(14)19-15(20)7-8-17/h1-6,9H,7-8H2. The van der Waals surface area contributed by atoms with Crippen molar-refractivity contribution >= 4 is 61.2 Å². The normalized spacial score (nSPS) is 11.2. The molecule has 0 atom stereocenters. The molecular weight excluding hydrogens is 450 g/mol. The zero-order valence-electron chi connectivity index (χ0n) is 10.5. The summed E-state index contributed by atoms with van der Waals surface area (Å²) in [5.74, 6) is 1.55. The van der Waals surface area contributed by atoms with E-state index in [0.29, 0.717) is 5.88 Å². The van der Waals surface area contributed by atoms with E-state index in [1.54, 1.807) is 0 Å². The lowest BCUT2D eigenvalue weighted by Gasteiger charge is -2.10. The van der Waals surface area contributed by atoms with Crippen LogP contribution in [-0.4, -0.2) is 15.4 Å². The summed E-state index contributed by atoms with van der Waals surface area (Å²) < 4.78 is 4.41. The van der Waals surface area contributed by atoms with Crippen molar-refractivity contribution in [3.63, 3.8) is 0 Å². The maximum atomic E-state index is 5.93. The number of aryl methyl sites for hydroxylation is 1. The van der Waals surface area contributed by atoms with Gasteiger partial charge in [0.05, 0.1) is 16.7 Å². The first kappa shape index (κ1) is 14.4. The van der Waals surface area contributed by atoms with Crippen molar-refractivity contribution in [2.24, 2.45) is 0 Å². The van der Waals surface area contributed by atoms with Crippen LogP contribution in [0, 0.1) is 3.57 Å².